The summed E-state index contributed by atoms with van der Waals surface area (Å²) < 4.78 is 12.2. The standard InChI is InChI=1S/C30H58O2/c1-4-7-10-13-14-15-16-17-18-19-20-21-24-27-30(31-28-25-22-11-8-5-2)32-29-26-23-12-9-6-3/h13-16,30H,4-12,17-29H2,1-3H3/b14-13+,16-15-. The molecule has 32 heavy (non-hydrogen) atoms. The Morgan fingerprint density at radius 2 is 0.906 bits per heavy atom. The lowest BCUT2D eigenvalue weighted by atomic mass is 10.1. The Hall–Kier alpha value is -0.600. The first-order valence-electron chi connectivity index (χ1n) is 14.4. The zero-order chi connectivity index (χ0) is 23.4. The Balaban J connectivity index is 3.81. The van der Waals surface area contributed by atoms with Crippen molar-refractivity contribution in [3.8, 4) is 0 Å². The van der Waals surface area contributed by atoms with Gasteiger partial charge in [-0.3, -0.25) is 0 Å². The highest BCUT2D eigenvalue weighted by Crippen LogP contribution is 2.14. The molecule has 0 amide bonds. The van der Waals surface area contributed by atoms with Crippen molar-refractivity contribution in [1.82, 2.24) is 0 Å². The monoisotopic (exact) mass is 450 g/mol. The van der Waals surface area contributed by atoms with Gasteiger partial charge in [0.1, 0.15) is 0 Å². The van der Waals surface area contributed by atoms with Crippen molar-refractivity contribution in [2.24, 2.45) is 0 Å². The largest absolute Gasteiger partial charge is 0.353 e. The number of ether oxygens (including phenoxy) is 2. The first kappa shape index (κ1) is 31.4. The average molecular weight is 451 g/mol. The Kier molecular flexibility index (Phi) is 27.9. The summed E-state index contributed by atoms with van der Waals surface area (Å²) >= 11 is 0. The van der Waals surface area contributed by atoms with Crippen LogP contribution in [0.25, 0.3) is 0 Å². The second-order valence-corrected chi connectivity index (χ2v) is 9.34. The van der Waals surface area contributed by atoms with Crippen LogP contribution in [0.15, 0.2) is 24.3 Å². The second kappa shape index (κ2) is 28.4. The first-order chi connectivity index (χ1) is 15.8. The molecule has 0 aromatic carbocycles. The maximum Gasteiger partial charge on any atom is 0.157 e. The van der Waals surface area contributed by atoms with E-state index in [4.69, 9.17) is 9.47 Å². The molecule has 0 radical (unpaired) electrons. The van der Waals surface area contributed by atoms with Gasteiger partial charge >= 0.3 is 0 Å². The third-order valence-corrected chi connectivity index (χ3v) is 6.02. The summed E-state index contributed by atoms with van der Waals surface area (Å²) in [5, 5.41) is 0. The summed E-state index contributed by atoms with van der Waals surface area (Å²) in [6.45, 7) is 8.51. The molecule has 0 spiro atoms. The molecule has 0 rings (SSSR count). The van der Waals surface area contributed by atoms with Crippen LogP contribution in [0, 0.1) is 0 Å². The summed E-state index contributed by atoms with van der Waals surface area (Å²) in [4.78, 5) is 0. The van der Waals surface area contributed by atoms with Crippen molar-refractivity contribution in [2.45, 2.75) is 155 Å². The van der Waals surface area contributed by atoms with Crippen LogP contribution in [0.5, 0.6) is 0 Å². The van der Waals surface area contributed by atoms with Crippen LogP contribution in [0.2, 0.25) is 0 Å². The van der Waals surface area contributed by atoms with Gasteiger partial charge in [-0.1, -0.05) is 129 Å². The lowest BCUT2D eigenvalue weighted by molar-refractivity contribution is -0.148. The quantitative estimate of drug-likeness (QED) is 0.0741. The Bertz CT molecular complexity index is 372. The fraction of sp³-hybridized carbons (Fsp3) is 0.867. The number of hydrogen-bond donors (Lipinski definition) is 0. The molecule has 0 saturated carbocycles. The van der Waals surface area contributed by atoms with E-state index in [1.54, 1.807) is 0 Å². The first-order valence-corrected chi connectivity index (χ1v) is 14.4. The molecule has 2 heteroatoms. The molecule has 190 valence electrons. The Morgan fingerprint density at radius 3 is 1.47 bits per heavy atom. The van der Waals surface area contributed by atoms with Gasteiger partial charge in [0.25, 0.3) is 0 Å². The minimum Gasteiger partial charge on any atom is -0.353 e. The zero-order valence-corrected chi connectivity index (χ0v) is 22.3. The van der Waals surface area contributed by atoms with E-state index in [1.807, 2.05) is 0 Å². The number of hydrogen-bond acceptors (Lipinski definition) is 2. The van der Waals surface area contributed by atoms with Crippen LogP contribution in [0.3, 0.4) is 0 Å². The summed E-state index contributed by atoms with van der Waals surface area (Å²) in [5.41, 5.74) is 0. The van der Waals surface area contributed by atoms with E-state index >= 15 is 0 Å². The third kappa shape index (κ3) is 25.7. The fourth-order valence-electron chi connectivity index (χ4n) is 3.83. The molecular weight excluding hydrogens is 392 g/mol. The number of allylic oxidation sites excluding steroid dienone is 4. The fourth-order valence-corrected chi connectivity index (χ4v) is 3.83. The highest BCUT2D eigenvalue weighted by Gasteiger charge is 2.09. The lowest BCUT2D eigenvalue weighted by Gasteiger charge is -2.19. The van der Waals surface area contributed by atoms with Gasteiger partial charge in [-0.05, 0) is 44.9 Å². The normalized spacial score (nSPS) is 12.1. The summed E-state index contributed by atoms with van der Waals surface area (Å²) in [5.74, 6) is 0. The summed E-state index contributed by atoms with van der Waals surface area (Å²) in [6.07, 6.45) is 34.6. The van der Waals surface area contributed by atoms with Gasteiger partial charge in [-0.15, -0.1) is 0 Å². The van der Waals surface area contributed by atoms with Gasteiger partial charge in [-0.25, -0.2) is 0 Å². The van der Waals surface area contributed by atoms with Gasteiger partial charge < -0.3 is 9.47 Å². The predicted molar refractivity (Wildman–Crippen MR) is 143 cm³/mol. The van der Waals surface area contributed by atoms with Gasteiger partial charge in [0.2, 0.25) is 0 Å². The lowest BCUT2D eigenvalue weighted by Crippen LogP contribution is -2.19. The number of rotatable bonds is 26. The Morgan fingerprint density at radius 1 is 0.469 bits per heavy atom. The van der Waals surface area contributed by atoms with Crippen LogP contribution in [-0.2, 0) is 9.47 Å². The molecule has 0 bridgehead atoms. The van der Waals surface area contributed by atoms with Crippen LogP contribution in [-0.4, -0.2) is 19.5 Å². The SMILES string of the molecule is CCCC/C=C/C=C\CCCCCCCC(OCCCCCCC)OCCCCCCC. The zero-order valence-electron chi connectivity index (χ0n) is 22.3. The van der Waals surface area contributed by atoms with Crippen molar-refractivity contribution in [3.05, 3.63) is 24.3 Å². The molecule has 0 heterocycles. The molecule has 2 nitrogen and oxygen atoms in total. The maximum atomic E-state index is 6.12. The molecule has 0 aromatic heterocycles. The van der Waals surface area contributed by atoms with Crippen LogP contribution in [0.4, 0.5) is 0 Å². The summed E-state index contributed by atoms with van der Waals surface area (Å²) in [6, 6.07) is 0. The van der Waals surface area contributed by atoms with Crippen molar-refractivity contribution >= 4 is 0 Å². The van der Waals surface area contributed by atoms with Crippen LogP contribution >= 0.6 is 0 Å². The molecule has 0 fully saturated rings. The maximum absolute atomic E-state index is 6.12. The van der Waals surface area contributed by atoms with E-state index in [-0.39, 0.29) is 6.29 Å². The molecule has 0 unspecified atom stereocenters. The van der Waals surface area contributed by atoms with E-state index in [0.717, 1.165) is 19.6 Å². The highest BCUT2D eigenvalue weighted by molar-refractivity contribution is 5.02. The third-order valence-electron chi connectivity index (χ3n) is 6.02. The van der Waals surface area contributed by atoms with Crippen molar-refractivity contribution in [3.63, 3.8) is 0 Å². The molecule has 0 aliphatic rings. The molecule has 0 aliphatic heterocycles. The topological polar surface area (TPSA) is 18.5 Å². The highest BCUT2D eigenvalue weighted by atomic mass is 16.7. The average Bonchev–Trinajstić information content (AvgIpc) is 2.80. The smallest absolute Gasteiger partial charge is 0.157 e. The summed E-state index contributed by atoms with van der Waals surface area (Å²) in [7, 11) is 0. The van der Waals surface area contributed by atoms with Crippen LogP contribution < -0.4 is 0 Å². The molecule has 0 aromatic rings. The second-order valence-electron chi connectivity index (χ2n) is 9.34. The van der Waals surface area contributed by atoms with E-state index in [0.29, 0.717) is 0 Å². The molecular formula is C30H58O2. The Labute approximate surface area is 202 Å². The van der Waals surface area contributed by atoms with E-state index < -0.39 is 0 Å². The minimum absolute atomic E-state index is 0.0229. The number of unbranched alkanes of at least 4 members (excludes halogenated alkanes) is 15. The van der Waals surface area contributed by atoms with Gasteiger partial charge in [0.15, 0.2) is 6.29 Å². The molecule has 0 saturated heterocycles. The van der Waals surface area contributed by atoms with E-state index in [1.165, 1.54) is 122 Å². The van der Waals surface area contributed by atoms with E-state index in [9.17, 15) is 0 Å². The van der Waals surface area contributed by atoms with Crippen LogP contribution in [0.1, 0.15) is 149 Å². The molecule has 0 atom stereocenters. The van der Waals surface area contributed by atoms with Crippen molar-refractivity contribution in [1.29, 1.82) is 0 Å². The van der Waals surface area contributed by atoms with Gasteiger partial charge in [0, 0.05) is 13.2 Å². The molecule has 0 aliphatic carbocycles. The minimum atomic E-state index is 0.0229. The van der Waals surface area contributed by atoms with Gasteiger partial charge in [-0.2, -0.15) is 0 Å². The van der Waals surface area contributed by atoms with Crippen molar-refractivity contribution in [2.75, 3.05) is 13.2 Å². The van der Waals surface area contributed by atoms with E-state index in [2.05, 4.69) is 45.1 Å². The van der Waals surface area contributed by atoms with Crippen molar-refractivity contribution < 1.29 is 9.47 Å². The van der Waals surface area contributed by atoms with Gasteiger partial charge in [0.05, 0.1) is 0 Å². The molecule has 0 N–H and O–H groups in total. The predicted octanol–water partition coefficient (Wildman–Crippen LogP) is 10.3.